The molecule has 1 aromatic rings. The molecule has 0 saturated carbocycles. The van der Waals surface area contributed by atoms with Crippen LogP contribution >= 0.6 is 0 Å². The molecule has 1 heterocycles. The number of benzene rings is 1. The molecular weight excluding hydrogens is 326 g/mol. The van der Waals surface area contributed by atoms with E-state index in [1.165, 1.54) is 5.56 Å². The molecular formula is C21H33N3O2. The Bertz CT molecular complexity index is 595. The molecule has 1 aliphatic heterocycles. The molecule has 0 spiro atoms. The molecule has 2 N–H and O–H groups in total. The van der Waals surface area contributed by atoms with Gasteiger partial charge in [-0.2, -0.15) is 0 Å². The molecule has 0 aliphatic carbocycles. The fraction of sp³-hybridized carbons (Fsp3) is 0.619. The summed E-state index contributed by atoms with van der Waals surface area (Å²) in [5.74, 6) is 0.268. The number of carbonyl (C=O) groups excluding carboxylic acids is 2. The van der Waals surface area contributed by atoms with E-state index in [4.69, 9.17) is 0 Å². The predicted molar refractivity (Wildman–Crippen MR) is 105 cm³/mol. The van der Waals surface area contributed by atoms with Crippen molar-refractivity contribution >= 4 is 11.8 Å². The Labute approximate surface area is 157 Å². The van der Waals surface area contributed by atoms with Gasteiger partial charge >= 0.3 is 0 Å². The van der Waals surface area contributed by atoms with E-state index in [1.807, 2.05) is 26.8 Å². The van der Waals surface area contributed by atoms with E-state index in [9.17, 15) is 9.59 Å². The predicted octanol–water partition coefficient (Wildman–Crippen LogP) is 2.57. The van der Waals surface area contributed by atoms with E-state index < -0.39 is 0 Å². The number of amides is 2. The molecule has 0 aromatic heterocycles. The number of nitrogens with one attached hydrogen (secondary N) is 2. The molecule has 2 amide bonds. The zero-order chi connectivity index (χ0) is 19.2. The van der Waals surface area contributed by atoms with Gasteiger partial charge in [0, 0.05) is 25.6 Å². The van der Waals surface area contributed by atoms with Crippen molar-refractivity contribution in [2.45, 2.75) is 53.1 Å². The van der Waals surface area contributed by atoms with Crippen LogP contribution in [0.1, 0.15) is 46.1 Å². The molecule has 1 saturated heterocycles. The monoisotopic (exact) mass is 359 g/mol. The lowest BCUT2D eigenvalue weighted by Gasteiger charge is -2.22. The first-order chi connectivity index (χ1) is 12.2. The highest BCUT2D eigenvalue weighted by atomic mass is 16.2. The molecule has 0 radical (unpaired) electrons. The van der Waals surface area contributed by atoms with E-state index in [0.29, 0.717) is 12.3 Å². The van der Waals surface area contributed by atoms with Crippen molar-refractivity contribution in [3.8, 4) is 0 Å². The summed E-state index contributed by atoms with van der Waals surface area (Å²) >= 11 is 0. The minimum absolute atomic E-state index is 0.0553. The average molecular weight is 360 g/mol. The van der Waals surface area contributed by atoms with Gasteiger partial charge in [0.2, 0.25) is 11.8 Å². The van der Waals surface area contributed by atoms with E-state index in [0.717, 1.165) is 26.1 Å². The number of carbonyl (C=O) groups is 2. The summed E-state index contributed by atoms with van der Waals surface area (Å²) in [6.45, 7) is 11.2. The maximum atomic E-state index is 12.1. The fourth-order valence-corrected chi connectivity index (χ4v) is 3.40. The molecule has 144 valence electrons. The second-order valence-electron chi connectivity index (χ2n) is 8.64. The standard InChI is InChI=1S/C21H33N3O2/c1-16(23-20(26)13-22-19(25)12-21(2,3)4)18-10-11-24(15-18)14-17-8-6-5-7-9-17/h5-9,16,18H,10-15H2,1-4H3,(H,22,25)(H,23,26). The largest absolute Gasteiger partial charge is 0.352 e. The van der Waals surface area contributed by atoms with Crippen LogP contribution < -0.4 is 10.6 Å². The molecule has 0 bridgehead atoms. The summed E-state index contributed by atoms with van der Waals surface area (Å²) in [7, 11) is 0. The van der Waals surface area contributed by atoms with Gasteiger partial charge in [-0.3, -0.25) is 14.5 Å². The van der Waals surface area contributed by atoms with Gasteiger partial charge in [-0.1, -0.05) is 51.1 Å². The third-order valence-electron chi connectivity index (χ3n) is 4.79. The molecule has 5 nitrogen and oxygen atoms in total. The van der Waals surface area contributed by atoms with Gasteiger partial charge in [0.25, 0.3) is 0 Å². The Morgan fingerprint density at radius 1 is 1.19 bits per heavy atom. The SMILES string of the molecule is CC(NC(=O)CNC(=O)CC(C)(C)C)C1CCN(Cc2ccccc2)C1. The van der Waals surface area contributed by atoms with Crippen molar-refractivity contribution in [2.75, 3.05) is 19.6 Å². The van der Waals surface area contributed by atoms with Crippen LogP contribution in [-0.4, -0.2) is 42.4 Å². The van der Waals surface area contributed by atoms with E-state index >= 15 is 0 Å². The highest BCUT2D eigenvalue weighted by molar-refractivity contribution is 5.85. The van der Waals surface area contributed by atoms with Crippen LogP contribution in [0.5, 0.6) is 0 Å². The fourth-order valence-electron chi connectivity index (χ4n) is 3.40. The van der Waals surface area contributed by atoms with E-state index in [1.54, 1.807) is 0 Å². The summed E-state index contributed by atoms with van der Waals surface area (Å²) < 4.78 is 0. The number of hydrogen-bond acceptors (Lipinski definition) is 3. The highest BCUT2D eigenvalue weighted by Crippen LogP contribution is 2.21. The van der Waals surface area contributed by atoms with Crippen LogP contribution in [0.3, 0.4) is 0 Å². The Hall–Kier alpha value is -1.88. The number of likely N-dealkylation sites (tertiary alicyclic amines) is 1. The van der Waals surface area contributed by atoms with Gasteiger partial charge in [-0.15, -0.1) is 0 Å². The molecule has 2 atom stereocenters. The minimum atomic E-state index is -0.110. The van der Waals surface area contributed by atoms with Gasteiger partial charge in [-0.05, 0) is 36.8 Å². The maximum Gasteiger partial charge on any atom is 0.239 e. The Morgan fingerprint density at radius 2 is 1.88 bits per heavy atom. The molecule has 2 unspecified atom stereocenters. The summed E-state index contributed by atoms with van der Waals surface area (Å²) in [5.41, 5.74) is 1.26. The zero-order valence-electron chi connectivity index (χ0n) is 16.5. The Balaban J connectivity index is 1.70. The normalized spacial score (nSPS) is 19.2. The van der Waals surface area contributed by atoms with Crippen molar-refractivity contribution in [1.29, 1.82) is 0 Å². The zero-order valence-corrected chi connectivity index (χ0v) is 16.5. The summed E-state index contributed by atoms with van der Waals surface area (Å²) in [4.78, 5) is 26.4. The molecule has 26 heavy (non-hydrogen) atoms. The van der Waals surface area contributed by atoms with Crippen molar-refractivity contribution in [1.82, 2.24) is 15.5 Å². The van der Waals surface area contributed by atoms with Gasteiger partial charge in [0.05, 0.1) is 6.54 Å². The third kappa shape index (κ3) is 7.16. The van der Waals surface area contributed by atoms with Gasteiger partial charge in [0.15, 0.2) is 0 Å². The Morgan fingerprint density at radius 3 is 2.54 bits per heavy atom. The number of hydrogen-bond donors (Lipinski definition) is 2. The quantitative estimate of drug-likeness (QED) is 0.786. The van der Waals surface area contributed by atoms with Crippen LogP contribution in [-0.2, 0) is 16.1 Å². The summed E-state index contributed by atoms with van der Waals surface area (Å²) in [6, 6.07) is 10.6. The van der Waals surface area contributed by atoms with Crippen molar-refractivity contribution in [3.63, 3.8) is 0 Å². The second-order valence-corrected chi connectivity index (χ2v) is 8.64. The molecule has 1 fully saturated rings. The first kappa shape index (κ1) is 20.4. The lowest BCUT2D eigenvalue weighted by molar-refractivity contribution is -0.127. The lowest BCUT2D eigenvalue weighted by Crippen LogP contribution is -2.44. The van der Waals surface area contributed by atoms with E-state index in [2.05, 4.69) is 46.7 Å². The first-order valence-corrected chi connectivity index (χ1v) is 9.55. The summed E-state index contributed by atoms with van der Waals surface area (Å²) in [6.07, 6.45) is 1.51. The van der Waals surface area contributed by atoms with Crippen LogP contribution in [0.25, 0.3) is 0 Å². The molecule has 2 rings (SSSR count). The topological polar surface area (TPSA) is 61.4 Å². The number of nitrogens with zero attached hydrogens (tertiary/aromatic N) is 1. The maximum absolute atomic E-state index is 12.1. The Kier molecular flexibility index (Phi) is 7.21. The smallest absolute Gasteiger partial charge is 0.239 e. The molecule has 1 aromatic carbocycles. The average Bonchev–Trinajstić information content (AvgIpc) is 3.01. The first-order valence-electron chi connectivity index (χ1n) is 9.55. The minimum Gasteiger partial charge on any atom is -0.352 e. The molecule has 1 aliphatic rings. The van der Waals surface area contributed by atoms with Gasteiger partial charge < -0.3 is 10.6 Å². The van der Waals surface area contributed by atoms with Gasteiger partial charge in [0.1, 0.15) is 0 Å². The van der Waals surface area contributed by atoms with E-state index in [-0.39, 0.29) is 29.8 Å². The highest BCUT2D eigenvalue weighted by Gasteiger charge is 2.28. The second kappa shape index (κ2) is 9.17. The number of rotatable bonds is 7. The van der Waals surface area contributed by atoms with Crippen molar-refractivity contribution < 1.29 is 9.59 Å². The summed E-state index contributed by atoms with van der Waals surface area (Å²) in [5, 5.41) is 5.76. The third-order valence-corrected chi connectivity index (χ3v) is 4.79. The van der Waals surface area contributed by atoms with Crippen LogP contribution in [0.2, 0.25) is 0 Å². The van der Waals surface area contributed by atoms with Crippen LogP contribution in [0.15, 0.2) is 30.3 Å². The molecule has 5 heteroatoms. The van der Waals surface area contributed by atoms with Crippen LogP contribution in [0, 0.1) is 11.3 Å². The van der Waals surface area contributed by atoms with Crippen molar-refractivity contribution in [3.05, 3.63) is 35.9 Å². The van der Waals surface area contributed by atoms with Crippen molar-refractivity contribution in [2.24, 2.45) is 11.3 Å². The van der Waals surface area contributed by atoms with Crippen LogP contribution in [0.4, 0.5) is 0 Å². The lowest BCUT2D eigenvalue weighted by atomic mass is 9.92. The van der Waals surface area contributed by atoms with Gasteiger partial charge in [-0.25, -0.2) is 0 Å².